The molecule has 3 aromatic rings. The molecule has 0 aliphatic carbocycles. The molecule has 1 unspecified atom stereocenters. The standard InChI is InChI=1S/C33H36F2N6O4/c1-21(42)31(43)41-15-11-30(33(34,35)20-41)45-29-7-4-24(16-25(29)17-36)28-8-12-37-32(39-28)38-26-5-2-22(3-6-26)23-9-13-40(14-10-23)27-18-44-19-27/h2-8,12,16,21,23,27,30,42H,9-11,13-15,18-20H2,1H3,(H,37,38,39)/t21-,30?/m0/s1. The van der Waals surface area contributed by atoms with E-state index in [1.165, 1.54) is 18.6 Å². The van der Waals surface area contributed by atoms with Crippen LogP contribution in [0.3, 0.4) is 0 Å². The predicted molar refractivity (Wildman–Crippen MR) is 162 cm³/mol. The summed E-state index contributed by atoms with van der Waals surface area (Å²) in [7, 11) is 0. The molecule has 45 heavy (non-hydrogen) atoms. The van der Waals surface area contributed by atoms with Gasteiger partial charge < -0.3 is 24.8 Å². The van der Waals surface area contributed by atoms with Gasteiger partial charge in [0.15, 0.2) is 6.10 Å². The van der Waals surface area contributed by atoms with Crippen LogP contribution in [-0.4, -0.2) is 94.3 Å². The number of nitrogens with zero attached hydrogens (tertiary/aromatic N) is 5. The van der Waals surface area contributed by atoms with Crippen LogP contribution in [0.1, 0.15) is 43.2 Å². The van der Waals surface area contributed by atoms with Crippen LogP contribution in [0.4, 0.5) is 20.4 Å². The second kappa shape index (κ2) is 13.0. The molecule has 4 heterocycles. The Morgan fingerprint density at radius 3 is 2.53 bits per heavy atom. The summed E-state index contributed by atoms with van der Waals surface area (Å²) in [6.07, 6.45) is 0.852. The number of nitriles is 1. The minimum Gasteiger partial charge on any atom is -0.483 e. The Balaban J connectivity index is 1.09. The predicted octanol–water partition coefficient (Wildman–Crippen LogP) is 4.33. The van der Waals surface area contributed by atoms with Gasteiger partial charge in [-0.3, -0.25) is 9.69 Å². The molecule has 236 valence electrons. The van der Waals surface area contributed by atoms with Crippen molar-refractivity contribution < 1.29 is 28.2 Å². The number of anilines is 2. The van der Waals surface area contributed by atoms with Crippen LogP contribution >= 0.6 is 0 Å². The third-order valence-corrected chi connectivity index (χ3v) is 8.83. The minimum atomic E-state index is -3.36. The van der Waals surface area contributed by atoms with Crippen LogP contribution in [0.15, 0.2) is 54.7 Å². The molecule has 2 aromatic carbocycles. The quantitative estimate of drug-likeness (QED) is 0.380. The van der Waals surface area contributed by atoms with Crippen molar-refractivity contribution in [2.75, 3.05) is 44.7 Å². The molecule has 3 aliphatic rings. The first-order valence-corrected chi connectivity index (χ1v) is 15.3. The van der Waals surface area contributed by atoms with Crippen molar-refractivity contribution in [1.29, 1.82) is 5.26 Å². The lowest BCUT2D eigenvalue weighted by Crippen LogP contribution is -2.56. The summed E-state index contributed by atoms with van der Waals surface area (Å²) in [6, 6.07) is 17.4. The highest BCUT2D eigenvalue weighted by Gasteiger charge is 2.48. The summed E-state index contributed by atoms with van der Waals surface area (Å²) >= 11 is 0. The second-order valence-electron chi connectivity index (χ2n) is 11.9. The van der Waals surface area contributed by atoms with Crippen LogP contribution in [-0.2, 0) is 9.53 Å². The molecule has 2 atom stereocenters. The summed E-state index contributed by atoms with van der Waals surface area (Å²) in [4.78, 5) is 24.4. The second-order valence-corrected chi connectivity index (χ2v) is 11.9. The number of hydrogen-bond acceptors (Lipinski definition) is 9. The Labute approximate surface area is 260 Å². The van der Waals surface area contributed by atoms with E-state index in [1.807, 2.05) is 18.2 Å². The first kappa shape index (κ1) is 30.8. The summed E-state index contributed by atoms with van der Waals surface area (Å²) in [5.74, 6) is -3.17. The first-order chi connectivity index (χ1) is 21.7. The number of alkyl halides is 2. The molecule has 3 fully saturated rings. The fraction of sp³-hybridized carbons (Fsp3) is 0.455. The number of carbonyl (C=O) groups excluding carboxylic acids is 1. The smallest absolute Gasteiger partial charge is 0.301 e. The SMILES string of the molecule is C[C@H](O)C(=O)N1CCC(Oc2ccc(-c3ccnc(Nc4ccc(C5CCN(C6COC6)CC5)cc4)n3)cc2C#N)C(F)(F)C1. The Morgan fingerprint density at radius 1 is 1.13 bits per heavy atom. The van der Waals surface area contributed by atoms with Crippen molar-refractivity contribution in [3.8, 4) is 23.1 Å². The average molecular weight is 619 g/mol. The van der Waals surface area contributed by atoms with Crippen LogP contribution in [0.25, 0.3) is 11.3 Å². The van der Waals surface area contributed by atoms with Gasteiger partial charge in [-0.05, 0) is 80.7 Å². The zero-order chi connectivity index (χ0) is 31.6. The first-order valence-electron chi connectivity index (χ1n) is 15.3. The number of likely N-dealkylation sites (tertiary alicyclic amines) is 2. The van der Waals surface area contributed by atoms with Crippen molar-refractivity contribution in [2.45, 2.75) is 56.3 Å². The molecule has 0 spiro atoms. The van der Waals surface area contributed by atoms with E-state index in [1.54, 1.807) is 24.4 Å². The molecule has 10 nitrogen and oxygen atoms in total. The van der Waals surface area contributed by atoms with Crippen LogP contribution in [0.2, 0.25) is 0 Å². The Morgan fingerprint density at radius 2 is 1.89 bits per heavy atom. The number of aliphatic hydroxyl groups excluding tert-OH is 1. The van der Waals surface area contributed by atoms with E-state index in [4.69, 9.17) is 9.47 Å². The van der Waals surface area contributed by atoms with Crippen molar-refractivity contribution in [1.82, 2.24) is 19.8 Å². The molecular weight excluding hydrogens is 582 g/mol. The minimum absolute atomic E-state index is 0.0132. The van der Waals surface area contributed by atoms with Crippen molar-refractivity contribution in [3.63, 3.8) is 0 Å². The van der Waals surface area contributed by atoms with Gasteiger partial charge in [0.1, 0.15) is 17.9 Å². The molecule has 6 rings (SSSR count). The maximum atomic E-state index is 14.9. The number of hydrogen-bond donors (Lipinski definition) is 2. The molecule has 3 aliphatic heterocycles. The molecule has 1 aromatic heterocycles. The molecule has 1 amide bonds. The van der Waals surface area contributed by atoms with E-state index in [0.29, 0.717) is 29.2 Å². The fourth-order valence-electron chi connectivity index (χ4n) is 6.13. The van der Waals surface area contributed by atoms with Crippen molar-refractivity contribution in [2.24, 2.45) is 0 Å². The lowest BCUT2D eigenvalue weighted by Gasteiger charge is -2.41. The van der Waals surface area contributed by atoms with Crippen LogP contribution < -0.4 is 10.1 Å². The summed E-state index contributed by atoms with van der Waals surface area (Å²) < 4.78 is 40.7. The number of aromatic nitrogens is 2. The average Bonchev–Trinajstić information content (AvgIpc) is 3.01. The monoisotopic (exact) mass is 618 g/mol. The van der Waals surface area contributed by atoms with Gasteiger partial charge in [0, 0.05) is 30.4 Å². The lowest BCUT2D eigenvalue weighted by molar-refractivity contribution is -0.165. The van der Waals surface area contributed by atoms with E-state index in [2.05, 4.69) is 32.3 Å². The van der Waals surface area contributed by atoms with E-state index >= 15 is 0 Å². The zero-order valence-electron chi connectivity index (χ0n) is 25.0. The van der Waals surface area contributed by atoms with Gasteiger partial charge in [0.05, 0.1) is 37.1 Å². The molecule has 3 saturated heterocycles. The van der Waals surface area contributed by atoms with E-state index in [-0.39, 0.29) is 24.3 Å². The van der Waals surface area contributed by atoms with Gasteiger partial charge >= 0.3 is 5.92 Å². The number of ether oxygens (including phenoxy) is 2. The largest absolute Gasteiger partial charge is 0.483 e. The summed E-state index contributed by atoms with van der Waals surface area (Å²) in [6.45, 7) is 4.29. The number of carbonyl (C=O) groups is 1. The Hall–Kier alpha value is -4.18. The topological polar surface area (TPSA) is 124 Å². The number of piperidine rings is 2. The molecule has 0 bridgehead atoms. The van der Waals surface area contributed by atoms with Crippen LogP contribution in [0, 0.1) is 11.3 Å². The van der Waals surface area contributed by atoms with Gasteiger partial charge in [-0.2, -0.15) is 5.26 Å². The maximum absolute atomic E-state index is 14.9. The molecule has 2 N–H and O–H groups in total. The van der Waals surface area contributed by atoms with E-state index < -0.39 is 30.6 Å². The van der Waals surface area contributed by atoms with E-state index in [0.717, 1.165) is 49.7 Å². The number of benzene rings is 2. The van der Waals surface area contributed by atoms with Gasteiger partial charge in [-0.1, -0.05) is 12.1 Å². The molecule has 12 heteroatoms. The highest BCUT2D eigenvalue weighted by atomic mass is 19.3. The van der Waals surface area contributed by atoms with Crippen molar-refractivity contribution >= 4 is 17.5 Å². The van der Waals surface area contributed by atoms with Gasteiger partial charge in [0.2, 0.25) is 5.95 Å². The molecule has 0 radical (unpaired) electrons. The van der Waals surface area contributed by atoms with Crippen LogP contribution in [0.5, 0.6) is 5.75 Å². The Kier molecular flexibility index (Phi) is 8.94. The number of halogens is 2. The highest BCUT2D eigenvalue weighted by Crippen LogP contribution is 2.35. The lowest BCUT2D eigenvalue weighted by atomic mass is 9.88. The Bertz CT molecular complexity index is 1550. The third kappa shape index (κ3) is 6.91. The normalized spacial score (nSPS) is 21.4. The maximum Gasteiger partial charge on any atom is 0.301 e. The number of nitrogens with one attached hydrogen (secondary N) is 1. The fourth-order valence-corrected chi connectivity index (χ4v) is 6.13. The van der Waals surface area contributed by atoms with Gasteiger partial charge in [-0.15, -0.1) is 0 Å². The summed E-state index contributed by atoms with van der Waals surface area (Å²) in [5, 5.41) is 22.5. The molecular formula is C33H36F2N6O4. The highest BCUT2D eigenvalue weighted by molar-refractivity contribution is 5.80. The number of aliphatic hydroxyl groups is 1. The zero-order valence-corrected chi connectivity index (χ0v) is 25.0. The molecule has 0 saturated carbocycles. The van der Waals surface area contributed by atoms with E-state index in [9.17, 15) is 23.9 Å². The van der Waals surface area contributed by atoms with Gasteiger partial charge in [-0.25, -0.2) is 18.7 Å². The number of rotatable bonds is 8. The van der Waals surface area contributed by atoms with Crippen molar-refractivity contribution in [3.05, 3.63) is 65.9 Å². The van der Waals surface area contributed by atoms with Gasteiger partial charge in [0.25, 0.3) is 5.91 Å². The summed E-state index contributed by atoms with van der Waals surface area (Å²) in [5.41, 5.74) is 3.40. The third-order valence-electron chi connectivity index (χ3n) is 8.83. The number of amides is 1.